The van der Waals surface area contributed by atoms with E-state index >= 15 is 0 Å². The average molecular weight is 508 g/mol. The maximum atomic E-state index is 13.3. The van der Waals surface area contributed by atoms with Crippen LogP contribution in [-0.2, 0) is 9.09 Å². The lowest BCUT2D eigenvalue weighted by Crippen LogP contribution is -2.70. The lowest BCUT2D eigenvalue weighted by atomic mass is 9.91. The smallest absolute Gasteiger partial charge is 0.303 e. The minimum Gasteiger partial charge on any atom is -0.303 e. The van der Waals surface area contributed by atoms with E-state index in [0.29, 0.717) is 0 Å². The molecule has 0 unspecified atom stereocenters. The van der Waals surface area contributed by atoms with Gasteiger partial charge in [-0.3, -0.25) is 4.52 Å². The Bertz CT molecular complexity index is 652. The van der Waals surface area contributed by atoms with Crippen molar-refractivity contribution in [1.82, 2.24) is 0 Å². The minimum absolute atomic E-state index is 1.86. The molecule has 0 rings (SSSR count). The molecule has 0 aliphatic carbocycles. The molecule has 30 heavy (non-hydrogen) atoms. The second-order valence-corrected chi connectivity index (χ2v) is 6.85. The van der Waals surface area contributed by atoms with Crippen LogP contribution >= 0.6 is 7.82 Å². The van der Waals surface area contributed by atoms with Crippen LogP contribution in [0.4, 0.5) is 65.9 Å². The lowest BCUT2D eigenvalue weighted by molar-refractivity contribution is -0.441. The van der Waals surface area contributed by atoms with Gasteiger partial charge in [-0.2, -0.15) is 57.1 Å². The molecule has 182 valence electrons. The number of alkyl halides is 15. The van der Waals surface area contributed by atoms with E-state index < -0.39 is 69.0 Å². The molecule has 0 bridgehead atoms. The SMILES string of the molecule is O=P(O)(O)OCCC(F)(F)CC(F)(F)C(F)(F)C(F)(F)C(F)(F)C(F)(F)C(F)(F)F. The number of phosphoric ester groups is 1. The monoisotopic (exact) mass is 508 g/mol. The molecule has 0 saturated carbocycles. The van der Waals surface area contributed by atoms with Crippen LogP contribution in [0.2, 0.25) is 0 Å². The predicted octanol–water partition coefficient (Wildman–Crippen LogP) is 5.25. The summed E-state index contributed by atoms with van der Waals surface area (Å²) in [6.07, 6.45) is -13.7. The van der Waals surface area contributed by atoms with Crippen LogP contribution < -0.4 is 0 Å². The van der Waals surface area contributed by atoms with Gasteiger partial charge in [-0.05, 0) is 0 Å². The molecule has 0 spiro atoms. The van der Waals surface area contributed by atoms with Gasteiger partial charge in [0, 0.05) is 6.42 Å². The zero-order chi connectivity index (χ0) is 24.8. The summed E-state index contributed by atoms with van der Waals surface area (Å²) in [6.45, 7) is -1.86. The number of rotatable bonds is 10. The summed E-state index contributed by atoms with van der Waals surface area (Å²) in [7, 11) is -5.50. The maximum Gasteiger partial charge on any atom is 0.469 e. The van der Waals surface area contributed by atoms with Gasteiger partial charge in [0.15, 0.2) is 0 Å². The van der Waals surface area contributed by atoms with E-state index in [1.807, 2.05) is 0 Å². The summed E-state index contributed by atoms with van der Waals surface area (Å²) in [5.74, 6) is -44.6. The third-order valence-electron chi connectivity index (χ3n) is 3.21. The first-order valence-electron chi connectivity index (χ1n) is 6.70. The van der Waals surface area contributed by atoms with E-state index in [1.165, 1.54) is 0 Å². The molecule has 0 amide bonds. The molecule has 0 radical (unpaired) electrons. The van der Waals surface area contributed by atoms with Crippen molar-refractivity contribution in [2.75, 3.05) is 6.61 Å². The molecule has 0 aliphatic rings. The summed E-state index contributed by atoms with van der Waals surface area (Å²) in [5, 5.41) is 0. The summed E-state index contributed by atoms with van der Waals surface area (Å²) in [4.78, 5) is 16.3. The van der Waals surface area contributed by atoms with Crippen LogP contribution in [0.1, 0.15) is 12.8 Å². The highest BCUT2D eigenvalue weighted by Gasteiger charge is 2.90. The Labute approximate surface area is 155 Å². The topological polar surface area (TPSA) is 66.8 Å². The minimum atomic E-state index is -8.22. The van der Waals surface area contributed by atoms with Crippen LogP contribution in [0.15, 0.2) is 0 Å². The second kappa shape index (κ2) is 7.88. The summed E-state index contributed by atoms with van der Waals surface area (Å²) < 4.78 is 206. The largest absolute Gasteiger partial charge is 0.469 e. The van der Waals surface area contributed by atoms with Crippen LogP contribution in [0.25, 0.3) is 0 Å². The molecular formula is C10H8F15O4P. The molecule has 0 atom stereocenters. The van der Waals surface area contributed by atoms with E-state index in [0.717, 1.165) is 0 Å². The normalized spacial score (nSPS) is 16.2. The molecule has 0 aromatic heterocycles. The number of halogens is 15. The molecule has 2 N–H and O–H groups in total. The van der Waals surface area contributed by atoms with Gasteiger partial charge in [0.05, 0.1) is 13.0 Å². The first-order chi connectivity index (χ1) is 12.7. The van der Waals surface area contributed by atoms with Gasteiger partial charge in [-0.25, -0.2) is 13.3 Å². The first-order valence-corrected chi connectivity index (χ1v) is 8.23. The third kappa shape index (κ3) is 5.45. The van der Waals surface area contributed by atoms with Gasteiger partial charge in [0.25, 0.3) is 5.92 Å². The van der Waals surface area contributed by atoms with Crippen LogP contribution in [0, 0.1) is 0 Å². The highest BCUT2D eigenvalue weighted by Crippen LogP contribution is 2.61. The summed E-state index contributed by atoms with van der Waals surface area (Å²) in [6, 6.07) is 0. The number of hydrogen-bond donors (Lipinski definition) is 2. The van der Waals surface area contributed by atoms with E-state index in [-0.39, 0.29) is 0 Å². The fraction of sp³-hybridized carbons (Fsp3) is 1.00. The molecule has 0 fully saturated rings. The zero-order valence-corrected chi connectivity index (χ0v) is 14.3. The van der Waals surface area contributed by atoms with Gasteiger partial charge in [0.2, 0.25) is 0 Å². The Hall–Kier alpha value is -0.940. The molecule has 20 heteroatoms. The van der Waals surface area contributed by atoms with Crippen molar-refractivity contribution >= 4 is 7.82 Å². The highest BCUT2D eigenvalue weighted by molar-refractivity contribution is 7.46. The van der Waals surface area contributed by atoms with Crippen LogP contribution in [-0.4, -0.2) is 58.1 Å². The Morgan fingerprint density at radius 3 is 1.33 bits per heavy atom. The third-order valence-corrected chi connectivity index (χ3v) is 3.73. The highest BCUT2D eigenvalue weighted by atomic mass is 31.2. The van der Waals surface area contributed by atoms with Crippen molar-refractivity contribution in [2.45, 2.75) is 54.6 Å². The van der Waals surface area contributed by atoms with Crippen molar-refractivity contribution in [2.24, 2.45) is 0 Å². The van der Waals surface area contributed by atoms with E-state index in [1.54, 1.807) is 0 Å². The Morgan fingerprint density at radius 2 is 1.00 bits per heavy atom. The second-order valence-electron chi connectivity index (χ2n) is 5.61. The van der Waals surface area contributed by atoms with Gasteiger partial charge in [-0.15, -0.1) is 0 Å². The quantitative estimate of drug-likeness (QED) is 0.313. The zero-order valence-electron chi connectivity index (χ0n) is 13.4. The van der Waals surface area contributed by atoms with Crippen molar-refractivity contribution in [3.8, 4) is 0 Å². The van der Waals surface area contributed by atoms with Crippen molar-refractivity contribution in [3.05, 3.63) is 0 Å². The summed E-state index contributed by atoms with van der Waals surface area (Å²) >= 11 is 0. The van der Waals surface area contributed by atoms with Gasteiger partial charge < -0.3 is 9.79 Å². The molecular weight excluding hydrogens is 500 g/mol. The van der Waals surface area contributed by atoms with Crippen molar-refractivity contribution < 1.29 is 84.7 Å². The number of phosphoric acid groups is 1. The molecule has 0 aromatic rings. The fourth-order valence-electron chi connectivity index (χ4n) is 1.64. The Balaban J connectivity index is 5.93. The number of hydrogen-bond acceptors (Lipinski definition) is 2. The standard InChI is InChI=1S/C10H8F15O4P/c11-4(12,1-2-29-30(26,27)28)3-5(13,14)6(15,16)7(17,18)8(19,20)9(21,22)10(23,24)25/h1-3H2,(H2,26,27,28). The average Bonchev–Trinajstić information content (AvgIpc) is 2.41. The lowest BCUT2D eigenvalue weighted by Gasteiger charge is -2.40. The molecule has 0 aliphatic heterocycles. The summed E-state index contributed by atoms with van der Waals surface area (Å²) in [5.41, 5.74) is 0. The fourth-order valence-corrected chi connectivity index (χ4v) is 1.97. The molecule has 0 saturated heterocycles. The Kier molecular flexibility index (Phi) is 7.63. The van der Waals surface area contributed by atoms with Crippen LogP contribution in [0.5, 0.6) is 0 Å². The van der Waals surface area contributed by atoms with Gasteiger partial charge in [-0.1, -0.05) is 0 Å². The van der Waals surface area contributed by atoms with Crippen molar-refractivity contribution in [3.63, 3.8) is 0 Å². The first kappa shape index (κ1) is 29.1. The molecule has 0 heterocycles. The Morgan fingerprint density at radius 1 is 0.633 bits per heavy atom. The van der Waals surface area contributed by atoms with Crippen LogP contribution in [0.3, 0.4) is 0 Å². The predicted molar refractivity (Wildman–Crippen MR) is 63.0 cm³/mol. The van der Waals surface area contributed by atoms with Gasteiger partial charge in [0.1, 0.15) is 0 Å². The molecule has 4 nitrogen and oxygen atoms in total. The van der Waals surface area contributed by atoms with Gasteiger partial charge >= 0.3 is 43.6 Å². The van der Waals surface area contributed by atoms with Crippen molar-refractivity contribution in [1.29, 1.82) is 0 Å². The van der Waals surface area contributed by atoms with E-state index in [9.17, 15) is 70.4 Å². The van der Waals surface area contributed by atoms with E-state index in [2.05, 4.69) is 4.52 Å². The molecule has 0 aromatic carbocycles. The maximum absolute atomic E-state index is 13.3. The van der Waals surface area contributed by atoms with E-state index in [4.69, 9.17) is 9.79 Å².